The summed E-state index contributed by atoms with van der Waals surface area (Å²) >= 11 is 0. The lowest BCUT2D eigenvalue weighted by atomic mass is 10.0. The summed E-state index contributed by atoms with van der Waals surface area (Å²) in [5.74, 6) is -0.639. The molecule has 0 aromatic heterocycles. The Labute approximate surface area is 181 Å². The molecule has 0 saturated carbocycles. The van der Waals surface area contributed by atoms with Crippen LogP contribution in [0.4, 0.5) is 0 Å². The van der Waals surface area contributed by atoms with Gasteiger partial charge in [-0.2, -0.15) is 0 Å². The van der Waals surface area contributed by atoms with E-state index in [2.05, 4.69) is 36.5 Å². The van der Waals surface area contributed by atoms with Crippen molar-refractivity contribution in [3.05, 3.63) is 59.7 Å². The highest BCUT2D eigenvalue weighted by atomic mass is 16.2. The monoisotopic (exact) mass is 415 g/mol. The minimum atomic E-state index is -0.514. The van der Waals surface area contributed by atoms with Gasteiger partial charge in [0.25, 0.3) is 0 Å². The molecule has 1 unspecified atom stereocenters. The van der Waals surface area contributed by atoms with Gasteiger partial charge >= 0.3 is 0 Å². The van der Waals surface area contributed by atoms with Crippen LogP contribution in [0.2, 0.25) is 0 Å². The van der Waals surface area contributed by atoms with Crippen LogP contribution in [0.25, 0.3) is 11.1 Å². The van der Waals surface area contributed by atoms with E-state index in [4.69, 9.17) is 5.11 Å². The third-order valence-corrected chi connectivity index (χ3v) is 3.98. The number of Topliss-reactive ketones (excluding diaryl/α,β-unsaturated/α-hetero) is 1. The van der Waals surface area contributed by atoms with Crippen LogP contribution in [-0.2, 0) is 16.0 Å². The van der Waals surface area contributed by atoms with Crippen LogP contribution in [0.1, 0.15) is 57.0 Å². The van der Waals surface area contributed by atoms with Crippen LogP contribution >= 0.6 is 0 Å². The van der Waals surface area contributed by atoms with E-state index in [1.807, 2.05) is 38.1 Å². The van der Waals surface area contributed by atoms with Gasteiger partial charge in [-0.05, 0) is 37.0 Å². The maximum absolute atomic E-state index is 11.2. The van der Waals surface area contributed by atoms with E-state index >= 15 is 0 Å². The summed E-state index contributed by atoms with van der Waals surface area (Å²) in [7, 11) is 2.50. The minimum Gasteiger partial charge on any atom is -0.400 e. The van der Waals surface area contributed by atoms with Crippen molar-refractivity contribution in [1.82, 2.24) is 5.32 Å². The van der Waals surface area contributed by atoms with Gasteiger partial charge in [0.05, 0.1) is 5.92 Å². The second-order valence-corrected chi connectivity index (χ2v) is 6.12. The molecule has 5 nitrogen and oxygen atoms in total. The van der Waals surface area contributed by atoms with Crippen LogP contribution in [-0.4, -0.2) is 37.2 Å². The molecule has 30 heavy (non-hydrogen) atoms. The summed E-state index contributed by atoms with van der Waals surface area (Å²) < 4.78 is 0. The molecule has 1 atom stereocenters. The predicted octanol–water partition coefficient (Wildman–Crippen LogP) is 4.71. The first-order chi connectivity index (χ1) is 14.4. The molecule has 0 aliphatic carbocycles. The molecule has 0 spiro atoms. The molecular formula is C25H37NO4. The number of carbonyl (C=O) groups is 3. The zero-order valence-corrected chi connectivity index (χ0v) is 19.4. The fraction of sp³-hybridized carbons (Fsp3) is 0.400. The molecule has 2 aromatic rings. The van der Waals surface area contributed by atoms with Gasteiger partial charge in [-0.25, -0.2) is 0 Å². The Balaban J connectivity index is 0. The largest absolute Gasteiger partial charge is 0.400 e. The molecule has 2 aromatic carbocycles. The number of aliphatic hydroxyl groups excluding tert-OH is 1. The van der Waals surface area contributed by atoms with Gasteiger partial charge in [0, 0.05) is 19.7 Å². The number of rotatable bonds is 6. The molecule has 0 saturated heterocycles. The van der Waals surface area contributed by atoms with Gasteiger partial charge in [0.1, 0.15) is 6.29 Å². The number of benzene rings is 2. The lowest BCUT2D eigenvalue weighted by molar-refractivity contribution is -0.127. The highest BCUT2D eigenvalue weighted by Gasteiger charge is 2.06. The Bertz CT molecular complexity index is 722. The Morgan fingerprint density at radius 2 is 1.40 bits per heavy atom. The second-order valence-electron chi connectivity index (χ2n) is 6.12. The summed E-state index contributed by atoms with van der Waals surface area (Å²) in [5.41, 5.74) is 4.50. The third kappa shape index (κ3) is 11.3. The number of hydrogen-bond donors (Lipinski definition) is 2. The topological polar surface area (TPSA) is 83.5 Å². The number of aryl methyl sites for hydroxylation is 1. The van der Waals surface area contributed by atoms with Gasteiger partial charge in [-0.15, -0.1) is 0 Å². The lowest BCUT2D eigenvalue weighted by Crippen LogP contribution is -2.25. The zero-order chi connectivity index (χ0) is 23.5. The SMILES string of the molecule is CC.CCCc1ccc(-c2ccc(C(C)=O)cc2)cc1.CNC(=O)C(C)C=O.CO. The third-order valence-electron chi connectivity index (χ3n) is 3.98. The Hall–Kier alpha value is -2.79. The molecule has 2 N–H and O–H groups in total. The number of amides is 1. The molecule has 5 heteroatoms. The lowest BCUT2D eigenvalue weighted by Gasteiger charge is -2.04. The smallest absolute Gasteiger partial charge is 0.229 e. The Morgan fingerprint density at radius 3 is 1.70 bits per heavy atom. The van der Waals surface area contributed by atoms with E-state index in [0.29, 0.717) is 6.29 Å². The van der Waals surface area contributed by atoms with Crippen LogP contribution < -0.4 is 5.32 Å². The zero-order valence-electron chi connectivity index (χ0n) is 19.4. The fourth-order valence-corrected chi connectivity index (χ4v) is 2.34. The number of carbonyl (C=O) groups excluding carboxylic acids is 3. The van der Waals surface area contributed by atoms with Crippen LogP contribution in [0, 0.1) is 5.92 Å². The maximum Gasteiger partial charge on any atom is 0.229 e. The maximum atomic E-state index is 11.2. The molecule has 0 radical (unpaired) electrons. The number of hydrogen-bond acceptors (Lipinski definition) is 4. The van der Waals surface area contributed by atoms with Gasteiger partial charge < -0.3 is 15.2 Å². The normalized spacial score (nSPS) is 9.87. The summed E-state index contributed by atoms with van der Waals surface area (Å²) in [4.78, 5) is 31.5. The standard InChI is InChI=1S/C17H18O.C5H9NO2.C2H6.CH4O/c1-3-4-14-5-7-16(8-6-14)17-11-9-15(10-12-17)13(2)18;1-4(3-7)5(8)6-2;2*1-2/h5-12H,3-4H2,1-2H3;3-4H,1-2H3,(H,6,8);1-2H3;2H,1H3. The van der Waals surface area contributed by atoms with E-state index in [1.54, 1.807) is 13.8 Å². The summed E-state index contributed by atoms with van der Waals surface area (Å²) in [6.45, 7) is 9.33. The molecule has 0 heterocycles. The first-order valence-corrected chi connectivity index (χ1v) is 10.2. The van der Waals surface area contributed by atoms with E-state index in [1.165, 1.54) is 24.6 Å². The Kier molecular flexibility index (Phi) is 17.9. The van der Waals surface area contributed by atoms with Crippen molar-refractivity contribution in [2.45, 2.75) is 47.5 Å². The first kappa shape index (κ1) is 29.4. The molecule has 0 bridgehead atoms. The molecule has 0 fully saturated rings. The van der Waals surface area contributed by atoms with Crippen LogP contribution in [0.15, 0.2) is 48.5 Å². The number of aldehydes is 1. The van der Waals surface area contributed by atoms with Gasteiger partial charge in [-0.3, -0.25) is 9.59 Å². The molecule has 166 valence electrons. The van der Waals surface area contributed by atoms with Crippen molar-refractivity contribution in [1.29, 1.82) is 0 Å². The average molecular weight is 416 g/mol. The molecule has 0 aliphatic heterocycles. The Morgan fingerprint density at radius 1 is 0.967 bits per heavy atom. The summed E-state index contributed by atoms with van der Waals surface area (Å²) in [6.07, 6.45) is 2.91. The molecule has 0 aliphatic rings. The van der Waals surface area contributed by atoms with E-state index in [9.17, 15) is 14.4 Å². The highest BCUT2D eigenvalue weighted by Crippen LogP contribution is 2.21. The van der Waals surface area contributed by atoms with Crippen molar-refractivity contribution in [2.24, 2.45) is 5.92 Å². The van der Waals surface area contributed by atoms with E-state index in [0.717, 1.165) is 24.7 Å². The fourth-order valence-electron chi connectivity index (χ4n) is 2.34. The van der Waals surface area contributed by atoms with Crippen molar-refractivity contribution >= 4 is 18.0 Å². The summed E-state index contributed by atoms with van der Waals surface area (Å²) in [6, 6.07) is 16.4. The second kappa shape index (κ2) is 18.3. The molecule has 2 rings (SSSR count). The van der Waals surface area contributed by atoms with Crippen molar-refractivity contribution < 1.29 is 19.5 Å². The molecule has 1 amide bonds. The number of ketones is 1. The van der Waals surface area contributed by atoms with Gasteiger partial charge in [0.2, 0.25) is 5.91 Å². The van der Waals surface area contributed by atoms with Gasteiger partial charge in [0.15, 0.2) is 5.78 Å². The van der Waals surface area contributed by atoms with Crippen LogP contribution in [0.3, 0.4) is 0 Å². The van der Waals surface area contributed by atoms with Crippen molar-refractivity contribution in [2.75, 3.05) is 14.2 Å². The number of aliphatic hydroxyl groups is 1. The first-order valence-electron chi connectivity index (χ1n) is 10.2. The van der Waals surface area contributed by atoms with Crippen molar-refractivity contribution in [3.63, 3.8) is 0 Å². The predicted molar refractivity (Wildman–Crippen MR) is 125 cm³/mol. The van der Waals surface area contributed by atoms with E-state index in [-0.39, 0.29) is 11.7 Å². The van der Waals surface area contributed by atoms with Gasteiger partial charge in [-0.1, -0.05) is 75.7 Å². The van der Waals surface area contributed by atoms with Crippen molar-refractivity contribution in [3.8, 4) is 11.1 Å². The average Bonchev–Trinajstić information content (AvgIpc) is 2.81. The number of nitrogens with one attached hydrogen (secondary N) is 1. The van der Waals surface area contributed by atoms with E-state index < -0.39 is 5.92 Å². The molecular weight excluding hydrogens is 378 g/mol. The highest BCUT2D eigenvalue weighted by molar-refractivity contribution is 5.94. The quantitative estimate of drug-likeness (QED) is 0.406. The van der Waals surface area contributed by atoms with Crippen LogP contribution in [0.5, 0.6) is 0 Å². The minimum absolute atomic E-state index is 0.111. The summed E-state index contributed by atoms with van der Waals surface area (Å²) in [5, 5.41) is 9.35.